The number of benzene rings is 2. The molecular formula is C81H126N8O13S2. The molecule has 14 atom stereocenters. The maximum atomic E-state index is 14.1. The van der Waals surface area contributed by atoms with Crippen molar-refractivity contribution in [3.8, 4) is 0 Å². The number of carbonyl (C=O) groups is 8. The number of likely N-dealkylation sites (tertiary alicyclic amines) is 2. The molecule has 3 fully saturated rings. The summed E-state index contributed by atoms with van der Waals surface area (Å²) in [7, 11) is 8.87. The van der Waals surface area contributed by atoms with E-state index >= 15 is 0 Å². The van der Waals surface area contributed by atoms with Crippen molar-refractivity contribution in [2.24, 2.45) is 47.3 Å². The van der Waals surface area contributed by atoms with Crippen LogP contribution in [0.25, 0.3) is 0 Å². The third kappa shape index (κ3) is 27.5. The molecule has 4 amide bonds. The number of amides is 4. The number of likely N-dealkylation sites (N-methyl/N-ethyl adjacent to an activating group) is 2. The number of esters is 1. The minimum Gasteiger partial charge on any atom is -0.481 e. The standard InChI is InChI=1S/C39H60N4O6S.C38H58N4O6S.C4H8O/c1-10-26(5)30(21-34(44)32-13-11-12-18-42(32)7)38(47)43(8)33(24(2)3)22-35(45)37-41-31(23-50-37)36(46)40-29(19-27(6)39(48)49-9)20-28-16-14-25(4)15-17-28;1-9-25(5)29(20-33(43)31-12-10-11-17-41(31)7)37(46)42(8)32(23(2)3)21-34(44)36-40-30(22-49-36)35(45)39-28(18-26(6)38(47)48)19-27-15-13-24(4)14-16-27;1-2-4-5-3-1/h14-17,23-24,26-27,29-30,32-33,35,45H,10-13,18-22H2,1-9H3,(H,40,46);13-16,22-23,25-26,28-29,31-32,34,44H,9-12,17-21H2,1-8H3,(H,39,45)(H,47,48);1-4H2/t26?,27-,29+,30-,32?,33?,35+;25?,26-,28+,29-,31?,32?,34+;/m00./s1. The minimum atomic E-state index is -1.01. The molecule has 0 saturated carbocycles. The highest BCUT2D eigenvalue weighted by Gasteiger charge is 2.40. The van der Waals surface area contributed by atoms with Gasteiger partial charge < -0.3 is 45.2 Å². The van der Waals surface area contributed by atoms with Crippen LogP contribution in [-0.4, -0.2) is 190 Å². The number of hydrogen-bond acceptors (Lipinski definition) is 18. The number of thiazole rings is 2. The fourth-order valence-corrected chi connectivity index (χ4v) is 15.9. The third-order valence-corrected chi connectivity index (χ3v) is 23.6. The number of rotatable bonds is 36. The number of ether oxygens (including phenoxy) is 2. The molecule has 3 saturated heterocycles. The first-order valence-electron chi connectivity index (χ1n) is 38.2. The number of aliphatic hydroxyl groups excluding tert-OH is 2. The summed E-state index contributed by atoms with van der Waals surface area (Å²) < 4.78 is 9.87. The molecule has 21 nitrogen and oxygen atoms in total. The second-order valence-corrected chi connectivity index (χ2v) is 32.4. The summed E-state index contributed by atoms with van der Waals surface area (Å²) >= 11 is 2.39. The molecule has 2 aromatic heterocycles. The lowest BCUT2D eigenvalue weighted by Gasteiger charge is -2.37. The van der Waals surface area contributed by atoms with Crippen LogP contribution in [0.2, 0.25) is 0 Å². The lowest BCUT2D eigenvalue weighted by molar-refractivity contribution is -0.145. The lowest BCUT2D eigenvalue weighted by Crippen LogP contribution is -2.48. The highest BCUT2D eigenvalue weighted by Crippen LogP contribution is 2.34. The Hall–Kier alpha value is -6.34. The molecule has 6 unspecified atom stereocenters. The molecule has 0 spiro atoms. The summed E-state index contributed by atoms with van der Waals surface area (Å²) in [5.41, 5.74) is 4.62. The van der Waals surface area contributed by atoms with Gasteiger partial charge in [0.25, 0.3) is 11.8 Å². The molecular weight excluding hydrogens is 1360 g/mol. The molecule has 23 heteroatoms. The summed E-state index contributed by atoms with van der Waals surface area (Å²) in [6.45, 7) is 27.4. The van der Waals surface area contributed by atoms with Gasteiger partial charge in [0.05, 0.1) is 31.0 Å². The van der Waals surface area contributed by atoms with Crippen molar-refractivity contribution in [3.63, 3.8) is 0 Å². The number of carboxylic acids is 1. The maximum Gasteiger partial charge on any atom is 0.308 e. The zero-order chi connectivity index (χ0) is 77.1. The first-order chi connectivity index (χ1) is 49.3. The molecule has 104 heavy (non-hydrogen) atoms. The van der Waals surface area contributed by atoms with E-state index in [1.165, 1.54) is 42.6 Å². The number of aromatic nitrogens is 2. The second kappa shape index (κ2) is 44.1. The Morgan fingerprint density at radius 1 is 0.577 bits per heavy atom. The fraction of sp³-hybridized carbons (Fsp3) is 0.679. The predicted octanol–water partition coefficient (Wildman–Crippen LogP) is 12.7. The molecule has 3 aliphatic rings. The number of nitrogens with one attached hydrogen (secondary N) is 2. The molecule has 5 heterocycles. The van der Waals surface area contributed by atoms with E-state index in [4.69, 9.17) is 9.47 Å². The van der Waals surface area contributed by atoms with Gasteiger partial charge in [-0.25, -0.2) is 9.97 Å². The van der Waals surface area contributed by atoms with Gasteiger partial charge in [0.1, 0.15) is 33.6 Å². The van der Waals surface area contributed by atoms with Crippen LogP contribution in [0.1, 0.15) is 237 Å². The maximum absolute atomic E-state index is 14.1. The molecule has 0 bridgehead atoms. The molecule has 0 aliphatic carbocycles. The zero-order valence-corrected chi connectivity index (χ0v) is 67.1. The van der Waals surface area contributed by atoms with E-state index in [0.29, 0.717) is 29.3 Å². The van der Waals surface area contributed by atoms with E-state index in [-0.39, 0.29) is 133 Å². The van der Waals surface area contributed by atoms with Crippen molar-refractivity contribution in [2.45, 2.75) is 247 Å². The topological polar surface area (TPSA) is 279 Å². The van der Waals surface area contributed by atoms with Crippen molar-refractivity contribution in [2.75, 3.05) is 61.6 Å². The monoisotopic (exact) mass is 1480 g/mol. The lowest BCUT2D eigenvalue weighted by atomic mass is 9.83. The van der Waals surface area contributed by atoms with E-state index in [9.17, 15) is 53.7 Å². The number of ketones is 2. The average Bonchev–Trinajstić information content (AvgIpc) is 1.11. The normalized spacial score (nSPS) is 19.2. The Bertz CT molecular complexity index is 3310. The van der Waals surface area contributed by atoms with Crippen LogP contribution in [-0.2, 0) is 51.1 Å². The van der Waals surface area contributed by atoms with Gasteiger partial charge in [0.15, 0.2) is 11.6 Å². The minimum absolute atomic E-state index is 0.0165. The Balaban J connectivity index is 0.000000349. The second-order valence-electron chi connectivity index (χ2n) is 30.6. The van der Waals surface area contributed by atoms with Gasteiger partial charge in [-0.1, -0.05) is 155 Å². The highest BCUT2D eigenvalue weighted by molar-refractivity contribution is 7.10. The van der Waals surface area contributed by atoms with E-state index in [2.05, 4.69) is 30.4 Å². The summed E-state index contributed by atoms with van der Waals surface area (Å²) in [5.74, 6) is -3.81. The molecule has 3 aliphatic heterocycles. The van der Waals surface area contributed by atoms with Crippen LogP contribution in [0.15, 0.2) is 59.3 Å². The van der Waals surface area contributed by atoms with Crippen molar-refractivity contribution < 1.29 is 63.1 Å². The number of nitrogens with zero attached hydrogens (tertiary/aromatic N) is 6. The number of aryl methyl sites for hydroxylation is 2. The summed E-state index contributed by atoms with van der Waals surface area (Å²) in [5, 5.41) is 42.3. The molecule has 4 aromatic rings. The smallest absolute Gasteiger partial charge is 0.308 e. The number of aliphatic carboxylic acids is 1. The van der Waals surface area contributed by atoms with Gasteiger partial charge in [0, 0.05) is 99.8 Å². The van der Waals surface area contributed by atoms with Gasteiger partial charge in [-0.3, -0.25) is 48.2 Å². The Morgan fingerprint density at radius 2 is 0.952 bits per heavy atom. The van der Waals surface area contributed by atoms with Crippen molar-refractivity contribution in [3.05, 3.63) is 103 Å². The van der Waals surface area contributed by atoms with Gasteiger partial charge in [-0.15, -0.1) is 22.7 Å². The van der Waals surface area contributed by atoms with E-state index < -0.39 is 53.8 Å². The largest absolute Gasteiger partial charge is 0.481 e. The number of hydrogen-bond donors (Lipinski definition) is 5. The van der Waals surface area contributed by atoms with Gasteiger partial charge in [-0.05, 0) is 140 Å². The molecule has 7 rings (SSSR count). The van der Waals surface area contributed by atoms with E-state index in [1.807, 2.05) is 132 Å². The van der Waals surface area contributed by atoms with Crippen molar-refractivity contribution in [1.29, 1.82) is 0 Å². The van der Waals surface area contributed by atoms with Crippen LogP contribution in [0.3, 0.4) is 0 Å². The predicted molar refractivity (Wildman–Crippen MR) is 411 cm³/mol. The number of methoxy groups -OCH3 is 1. The molecule has 0 radical (unpaired) electrons. The molecule has 2 aromatic carbocycles. The van der Waals surface area contributed by atoms with Crippen LogP contribution >= 0.6 is 22.7 Å². The van der Waals surface area contributed by atoms with Crippen LogP contribution in [0.5, 0.6) is 0 Å². The highest BCUT2D eigenvalue weighted by atomic mass is 32.1. The van der Waals surface area contributed by atoms with Crippen LogP contribution < -0.4 is 10.6 Å². The third-order valence-electron chi connectivity index (χ3n) is 21.7. The van der Waals surface area contributed by atoms with Gasteiger partial charge >= 0.3 is 11.9 Å². The summed E-state index contributed by atoms with van der Waals surface area (Å²) in [6, 6.07) is 14.3. The average molecular weight is 1480 g/mol. The van der Waals surface area contributed by atoms with Gasteiger partial charge in [-0.2, -0.15) is 0 Å². The van der Waals surface area contributed by atoms with Crippen LogP contribution in [0.4, 0.5) is 0 Å². The zero-order valence-electron chi connectivity index (χ0n) is 65.5. The Kier molecular flexibility index (Phi) is 37.4. The Labute approximate surface area is 628 Å². The van der Waals surface area contributed by atoms with Crippen molar-refractivity contribution in [1.82, 2.24) is 40.2 Å². The first-order valence-corrected chi connectivity index (χ1v) is 39.9. The number of piperidine rings is 2. The number of aliphatic hydroxyl groups is 2. The Morgan fingerprint density at radius 3 is 1.27 bits per heavy atom. The molecule has 580 valence electrons. The van der Waals surface area contributed by atoms with E-state index in [0.717, 1.165) is 99.9 Å². The first kappa shape index (κ1) is 88.3. The van der Waals surface area contributed by atoms with Crippen molar-refractivity contribution >= 4 is 69.8 Å². The SMILES string of the molecule is C1CCOC1.CCC(C)[C@H](CC(=O)C1CCCCN1C)C(=O)N(C)C(C[C@@H](O)c1nc(C(=O)N[C@@H](Cc2ccc(C)cc2)C[C@H](C)C(=O)O)cs1)C(C)C.CCC(C)[C@H](CC(=O)C1CCCCN1C)C(=O)N(C)C(C[C@@H](O)c1nc(C(=O)N[C@@H](Cc2ccc(C)cc2)C[C@H](C)C(=O)OC)cs1)C(C)C. The number of carbonyl (C=O) groups excluding carboxylic acids is 7. The number of carboxylic acid groups (broad SMARTS) is 1. The summed E-state index contributed by atoms with van der Waals surface area (Å²) in [6.07, 6.45) is 10.5. The number of Topliss-reactive ketones (excluding diaryl/α,β-unsaturated/α-hetero) is 2. The quantitative estimate of drug-likeness (QED) is 0.0265. The van der Waals surface area contributed by atoms with Gasteiger partial charge in [0.2, 0.25) is 11.8 Å². The summed E-state index contributed by atoms with van der Waals surface area (Å²) in [4.78, 5) is 122. The van der Waals surface area contributed by atoms with Crippen LogP contribution in [0, 0.1) is 61.2 Å². The molecule has 5 N–H and O–H groups in total. The fourth-order valence-electron chi connectivity index (χ4n) is 14.3. The van der Waals surface area contributed by atoms with E-state index in [1.54, 1.807) is 48.5 Å².